The first-order chi connectivity index (χ1) is 8.83. The molecule has 0 unspecified atom stereocenters. The molecule has 0 aliphatic carbocycles. The molecule has 0 bridgehead atoms. The Morgan fingerprint density at radius 2 is 1.56 bits per heavy atom. The minimum atomic E-state index is 0.0230. The molecule has 2 N–H and O–H groups in total. The highest BCUT2D eigenvalue weighted by Gasteiger charge is 2.21. The largest absolute Gasteiger partial charge is 0.376 e. The summed E-state index contributed by atoms with van der Waals surface area (Å²) < 4.78 is 0. The van der Waals surface area contributed by atoms with E-state index >= 15 is 0 Å². The van der Waals surface area contributed by atoms with E-state index in [1.165, 1.54) is 0 Å². The smallest absolute Gasteiger partial charge is 0.226 e. The Morgan fingerprint density at radius 1 is 0.889 bits per heavy atom. The van der Waals surface area contributed by atoms with Gasteiger partial charge in [0.25, 0.3) is 0 Å². The Hall–Kier alpha value is -2.29. The van der Waals surface area contributed by atoms with E-state index < -0.39 is 0 Å². The average molecular weight is 238 g/mol. The van der Waals surface area contributed by atoms with Crippen LogP contribution in [0.4, 0.5) is 11.4 Å². The first kappa shape index (κ1) is 10.8. The number of hydrogen-bond acceptors (Lipinski definition) is 2. The van der Waals surface area contributed by atoms with Gasteiger partial charge in [0.1, 0.15) is 0 Å². The molecule has 0 spiro atoms. The molecule has 0 fully saturated rings. The molecule has 1 aliphatic heterocycles. The summed E-state index contributed by atoms with van der Waals surface area (Å²) >= 11 is 0. The maximum absolute atomic E-state index is 11.9. The van der Waals surface area contributed by atoms with E-state index in [1.54, 1.807) is 0 Å². The van der Waals surface area contributed by atoms with Gasteiger partial charge in [-0.05, 0) is 17.7 Å². The van der Waals surface area contributed by atoms with Gasteiger partial charge in [-0.3, -0.25) is 4.79 Å². The molecule has 0 saturated heterocycles. The summed E-state index contributed by atoms with van der Waals surface area (Å²) in [5, 5.41) is 6.34. The molecular weight excluding hydrogens is 224 g/mol. The van der Waals surface area contributed by atoms with Gasteiger partial charge >= 0.3 is 0 Å². The predicted octanol–water partition coefficient (Wildman–Crippen LogP) is 3.18. The topological polar surface area (TPSA) is 41.1 Å². The van der Waals surface area contributed by atoms with Gasteiger partial charge in [-0.2, -0.15) is 0 Å². The molecule has 1 atom stereocenters. The lowest BCUT2D eigenvalue weighted by atomic mass is 10.0. The van der Waals surface area contributed by atoms with Crippen LogP contribution < -0.4 is 10.6 Å². The van der Waals surface area contributed by atoms with Gasteiger partial charge in [0.15, 0.2) is 0 Å². The molecule has 1 heterocycles. The second-order valence-corrected chi connectivity index (χ2v) is 4.41. The summed E-state index contributed by atoms with van der Waals surface area (Å²) in [7, 11) is 0. The average Bonchev–Trinajstić information content (AvgIpc) is 2.57. The summed E-state index contributed by atoms with van der Waals surface area (Å²) in [5.74, 6) is 0.0429. The van der Waals surface area contributed by atoms with E-state index in [4.69, 9.17) is 0 Å². The number of carbonyl (C=O) groups is 1. The van der Waals surface area contributed by atoms with Crippen molar-refractivity contribution in [3.05, 3.63) is 60.2 Å². The zero-order chi connectivity index (χ0) is 12.4. The van der Waals surface area contributed by atoms with Gasteiger partial charge in [-0.15, -0.1) is 0 Å². The number of para-hydroxylation sites is 2. The fraction of sp³-hybridized carbons (Fsp3) is 0.133. The number of nitrogens with one attached hydrogen (secondary N) is 2. The van der Waals surface area contributed by atoms with E-state index in [0.29, 0.717) is 6.42 Å². The maximum Gasteiger partial charge on any atom is 0.226 e. The lowest BCUT2D eigenvalue weighted by molar-refractivity contribution is -0.116. The van der Waals surface area contributed by atoms with Crippen molar-refractivity contribution >= 4 is 17.3 Å². The standard InChI is InChI=1S/C15H14N2O/c18-15-10-14(11-6-2-1-3-7-11)16-12-8-4-5-9-13(12)17-15/h1-9,14,16H,10H2,(H,17,18)/t14-/m1/s1. The minimum Gasteiger partial charge on any atom is -0.376 e. The van der Waals surface area contributed by atoms with Gasteiger partial charge < -0.3 is 10.6 Å². The van der Waals surface area contributed by atoms with E-state index in [9.17, 15) is 4.79 Å². The molecule has 90 valence electrons. The van der Waals surface area contributed by atoms with Crippen LogP contribution in [0.3, 0.4) is 0 Å². The maximum atomic E-state index is 11.9. The van der Waals surface area contributed by atoms with E-state index in [1.807, 2.05) is 54.6 Å². The first-order valence-corrected chi connectivity index (χ1v) is 6.03. The third-order valence-electron chi connectivity index (χ3n) is 3.12. The van der Waals surface area contributed by atoms with Crippen molar-refractivity contribution in [3.8, 4) is 0 Å². The van der Waals surface area contributed by atoms with Crippen LogP contribution in [0.1, 0.15) is 18.0 Å². The summed E-state index contributed by atoms with van der Waals surface area (Å²) in [4.78, 5) is 11.9. The highest BCUT2D eigenvalue weighted by Crippen LogP contribution is 2.31. The van der Waals surface area contributed by atoms with Gasteiger partial charge in [-0.25, -0.2) is 0 Å². The van der Waals surface area contributed by atoms with Gasteiger partial charge in [0.2, 0.25) is 5.91 Å². The third-order valence-corrected chi connectivity index (χ3v) is 3.12. The second kappa shape index (κ2) is 4.53. The van der Waals surface area contributed by atoms with Crippen LogP contribution in [0.25, 0.3) is 0 Å². The Bertz CT molecular complexity index is 566. The van der Waals surface area contributed by atoms with Crippen molar-refractivity contribution < 1.29 is 4.79 Å². The molecule has 0 aromatic heterocycles. The molecule has 1 aliphatic rings. The van der Waals surface area contributed by atoms with E-state index in [-0.39, 0.29) is 11.9 Å². The predicted molar refractivity (Wildman–Crippen MR) is 72.5 cm³/mol. The number of hydrogen-bond donors (Lipinski definition) is 2. The molecule has 2 aromatic carbocycles. The molecule has 18 heavy (non-hydrogen) atoms. The lowest BCUT2D eigenvalue weighted by Crippen LogP contribution is -2.15. The van der Waals surface area contributed by atoms with Gasteiger partial charge in [0.05, 0.1) is 23.8 Å². The zero-order valence-corrected chi connectivity index (χ0v) is 9.89. The molecule has 3 rings (SSSR count). The zero-order valence-electron chi connectivity index (χ0n) is 9.89. The number of carbonyl (C=O) groups excluding carboxylic acids is 1. The van der Waals surface area contributed by atoms with Gasteiger partial charge in [-0.1, -0.05) is 42.5 Å². The molecule has 3 heteroatoms. The van der Waals surface area contributed by atoms with Crippen LogP contribution in [-0.4, -0.2) is 5.91 Å². The second-order valence-electron chi connectivity index (χ2n) is 4.41. The number of anilines is 2. The highest BCUT2D eigenvalue weighted by molar-refractivity contribution is 5.96. The summed E-state index contributed by atoms with van der Waals surface area (Å²) in [6.45, 7) is 0. The van der Waals surface area contributed by atoms with Crippen LogP contribution in [-0.2, 0) is 4.79 Å². The summed E-state index contributed by atoms with van der Waals surface area (Å²) in [6.07, 6.45) is 0.443. The Kier molecular flexibility index (Phi) is 2.73. The van der Waals surface area contributed by atoms with Crippen molar-refractivity contribution in [2.45, 2.75) is 12.5 Å². The van der Waals surface area contributed by atoms with Crippen LogP contribution in [0.15, 0.2) is 54.6 Å². The number of amides is 1. The van der Waals surface area contributed by atoms with Crippen LogP contribution in [0.2, 0.25) is 0 Å². The summed E-state index contributed by atoms with van der Waals surface area (Å²) in [5.41, 5.74) is 2.95. The van der Waals surface area contributed by atoms with E-state index in [0.717, 1.165) is 16.9 Å². The van der Waals surface area contributed by atoms with Gasteiger partial charge in [0, 0.05) is 0 Å². The minimum absolute atomic E-state index is 0.0230. The Morgan fingerprint density at radius 3 is 2.33 bits per heavy atom. The Labute approximate surface area is 106 Å². The fourth-order valence-corrected chi connectivity index (χ4v) is 2.23. The van der Waals surface area contributed by atoms with Crippen molar-refractivity contribution in [2.75, 3.05) is 10.6 Å². The normalized spacial score (nSPS) is 18.2. The van der Waals surface area contributed by atoms with E-state index in [2.05, 4.69) is 10.6 Å². The highest BCUT2D eigenvalue weighted by atomic mass is 16.1. The van der Waals surface area contributed by atoms with Crippen LogP contribution >= 0.6 is 0 Å². The SMILES string of the molecule is O=C1C[C@H](c2ccccc2)Nc2ccccc2N1. The fourth-order valence-electron chi connectivity index (χ4n) is 2.23. The number of fused-ring (bicyclic) bond motifs is 1. The van der Waals surface area contributed by atoms with Crippen molar-refractivity contribution in [1.29, 1.82) is 0 Å². The Balaban J connectivity index is 1.97. The monoisotopic (exact) mass is 238 g/mol. The molecule has 0 radical (unpaired) electrons. The molecule has 1 amide bonds. The molecule has 3 nitrogen and oxygen atoms in total. The lowest BCUT2D eigenvalue weighted by Gasteiger charge is -2.17. The third kappa shape index (κ3) is 2.07. The van der Waals surface area contributed by atoms with Crippen molar-refractivity contribution in [2.24, 2.45) is 0 Å². The van der Waals surface area contributed by atoms with Crippen LogP contribution in [0.5, 0.6) is 0 Å². The molecule has 0 saturated carbocycles. The quantitative estimate of drug-likeness (QED) is 0.801. The van der Waals surface area contributed by atoms with Crippen molar-refractivity contribution in [1.82, 2.24) is 0 Å². The molecular formula is C15H14N2O. The van der Waals surface area contributed by atoms with Crippen molar-refractivity contribution in [3.63, 3.8) is 0 Å². The van der Waals surface area contributed by atoms with Crippen LogP contribution in [0, 0.1) is 0 Å². The summed E-state index contributed by atoms with van der Waals surface area (Å²) in [6, 6.07) is 17.8. The molecule has 2 aromatic rings. The first-order valence-electron chi connectivity index (χ1n) is 6.03. The number of rotatable bonds is 1. The number of benzene rings is 2.